The van der Waals surface area contributed by atoms with Crippen molar-refractivity contribution >= 4 is 29.2 Å². The Hall–Kier alpha value is -3.35. The molecule has 148 valence electrons. The van der Waals surface area contributed by atoms with Gasteiger partial charge in [-0.1, -0.05) is 13.0 Å². The fourth-order valence-corrected chi connectivity index (χ4v) is 2.63. The number of anilines is 2. The molecule has 0 aliphatic carbocycles. The van der Waals surface area contributed by atoms with E-state index in [-0.39, 0.29) is 17.8 Å². The predicted molar refractivity (Wildman–Crippen MR) is 111 cm³/mol. The van der Waals surface area contributed by atoms with Crippen molar-refractivity contribution in [1.82, 2.24) is 10.6 Å². The zero-order valence-corrected chi connectivity index (χ0v) is 16.4. The average Bonchev–Trinajstić information content (AvgIpc) is 2.64. The minimum Gasteiger partial charge on any atom is -0.350 e. The molecule has 0 spiro atoms. The zero-order chi connectivity index (χ0) is 20.5. The molecule has 4 N–H and O–H groups in total. The van der Waals surface area contributed by atoms with E-state index in [0.29, 0.717) is 30.8 Å². The number of benzene rings is 2. The van der Waals surface area contributed by atoms with E-state index >= 15 is 0 Å². The summed E-state index contributed by atoms with van der Waals surface area (Å²) < 4.78 is 0. The Morgan fingerprint density at radius 3 is 2.00 bits per heavy atom. The normalized spacial score (nSPS) is 10.1. The molecule has 0 atom stereocenters. The molecular formula is C21H26N4O3. The smallest absolute Gasteiger partial charge is 0.319 e. The molecule has 2 aromatic rings. The molecule has 0 aromatic heterocycles. The van der Waals surface area contributed by atoms with Gasteiger partial charge in [0, 0.05) is 36.4 Å². The molecule has 0 aliphatic rings. The summed E-state index contributed by atoms with van der Waals surface area (Å²) >= 11 is 0. The third-order valence-corrected chi connectivity index (χ3v) is 3.93. The summed E-state index contributed by atoms with van der Waals surface area (Å²) in [5.41, 5.74) is 4.00. The van der Waals surface area contributed by atoms with Crippen LogP contribution in [0.1, 0.15) is 34.8 Å². The van der Waals surface area contributed by atoms with Crippen LogP contribution in [-0.2, 0) is 4.79 Å². The van der Waals surface area contributed by atoms with Gasteiger partial charge in [-0.3, -0.25) is 9.59 Å². The highest BCUT2D eigenvalue weighted by atomic mass is 16.2. The third kappa shape index (κ3) is 6.75. The van der Waals surface area contributed by atoms with E-state index in [1.54, 1.807) is 31.2 Å². The highest BCUT2D eigenvalue weighted by Crippen LogP contribution is 2.13. The number of amides is 4. The summed E-state index contributed by atoms with van der Waals surface area (Å²) in [6.07, 6.45) is 0.395. The summed E-state index contributed by atoms with van der Waals surface area (Å²) in [6.45, 7) is 6.31. The lowest BCUT2D eigenvalue weighted by Crippen LogP contribution is -2.36. The van der Waals surface area contributed by atoms with Gasteiger partial charge in [-0.05, 0) is 61.4 Å². The van der Waals surface area contributed by atoms with Crippen LogP contribution in [0.25, 0.3) is 0 Å². The second-order valence-electron chi connectivity index (χ2n) is 6.49. The van der Waals surface area contributed by atoms with E-state index in [0.717, 1.165) is 16.8 Å². The summed E-state index contributed by atoms with van der Waals surface area (Å²) in [7, 11) is 0. The first-order valence-corrected chi connectivity index (χ1v) is 9.18. The Labute approximate surface area is 164 Å². The number of hydrogen-bond donors (Lipinski definition) is 4. The van der Waals surface area contributed by atoms with Crippen molar-refractivity contribution in [2.75, 3.05) is 23.7 Å². The fraction of sp³-hybridized carbons (Fsp3) is 0.286. The van der Waals surface area contributed by atoms with E-state index in [9.17, 15) is 14.4 Å². The topological polar surface area (TPSA) is 99.3 Å². The molecule has 28 heavy (non-hydrogen) atoms. The first kappa shape index (κ1) is 21.0. The highest BCUT2D eigenvalue weighted by molar-refractivity contribution is 5.95. The van der Waals surface area contributed by atoms with Gasteiger partial charge in [0.1, 0.15) is 0 Å². The Kier molecular flexibility index (Phi) is 7.56. The maximum atomic E-state index is 12.1. The SMILES string of the molecule is CCC(=O)Nc1ccc(C(=O)NCCNC(=O)Nc2cc(C)cc(C)c2)cc1. The standard InChI is InChI=1S/C21H26N4O3/c1-4-19(26)24-17-7-5-16(6-8-17)20(27)22-9-10-23-21(28)25-18-12-14(2)11-15(3)13-18/h5-8,11-13H,4,9-10H2,1-3H3,(H,22,27)(H,24,26)(H2,23,25,28). The summed E-state index contributed by atoms with van der Waals surface area (Å²) in [6, 6.07) is 12.1. The van der Waals surface area contributed by atoms with E-state index in [1.165, 1.54) is 0 Å². The third-order valence-electron chi connectivity index (χ3n) is 3.93. The van der Waals surface area contributed by atoms with Gasteiger partial charge in [0.05, 0.1) is 0 Å². The van der Waals surface area contributed by atoms with E-state index in [4.69, 9.17) is 0 Å². The lowest BCUT2D eigenvalue weighted by Gasteiger charge is -2.10. The van der Waals surface area contributed by atoms with Crippen LogP contribution >= 0.6 is 0 Å². The quantitative estimate of drug-likeness (QED) is 0.553. The van der Waals surface area contributed by atoms with Gasteiger partial charge < -0.3 is 21.3 Å². The largest absolute Gasteiger partial charge is 0.350 e. The van der Waals surface area contributed by atoms with Crippen LogP contribution in [0.4, 0.5) is 16.2 Å². The summed E-state index contributed by atoms with van der Waals surface area (Å²) in [5.74, 6) is -0.327. The number of carbonyl (C=O) groups is 3. The fourth-order valence-electron chi connectivity index (χ4n) is 2.63. The Bertz CT molecular complexity index is 827. The molecule has 7 heteroatoms. The van der Waals surface area contributed by atoms with Crippen molar-refractivity contribution in [1.29, 1.82) is 0 Å². The molecule has 0 fully saturated rings. The Morgan fingerprint density at radius 2 is 1.39 bits per heavy atom. The second kappa shape index (κ2) is 10.1. The molecule has 0 saturated heterocycles. The first-order valence-electron chi connectivity index (χ1n) is 9.18. The molecule has 0 unspecified atom stereocenters. The van der Waals surface area contributed by atoms with Gasteiger partial charge in [-0.15, -0.1) is 0 Å². The van der Waals surface area contributed by atoms with Crippen molar-refractivity contribution < 1.29 is 14.4 Å². The summed E-state index contributed by atoms with van der Waals surface area (Å²) in [5, 5.41) is 10.9. The minimum atomic E-state index is -0.324. The van der Waals surface area contributed by atoms with Crippen LogP contribution in [0.3, 0.4) is 0 Å². The second-order valence-corrected chi connectivity index (χ2v) is 6.49. The molecule has 4 amide bonds. The number of aryl methyl sites for hydroxylation is 2. The van der Waals surface area contributed by atoms with E-state index in [2.05, 4.69) is 21.3 Å². The molecule has 0 aliphatic heterocycles. The minimum absolute atomic E-state index is 0.0811. The van der Waals surface area contributed by atoms with Crippen molar-refractivity contribution in [3.63, 3.8) is 0 Å². The molecular weight excluding hydrogens is 356 g/mol. The maximum absolute atomic E-state index is 12.1. The van der Waals surface area contributed by atoms with Gasteiger partial charge in [0.15, 0.2) is 0 Å². The number of hydrogen-bond acceptors (Lipinski definition) is 3. The van der Waals surface area contributed by atoms with Crippen LogP contribution in [0.5, 0.6) is 0 Å². The van der Waals surface area contributed by atoms with Crippen LogP contribution in [-0.4, -0.2) is 30.9 Å². The van der Waals surface area contributed by atoms with Gasteiger partial charge in [-0.25, -0.2) is 4.79 Å². The number of urea groups is 1. The van der Waals surface area contributed by atoms with Crippen LogP contribution in [0.15, 0.2) is 42.5 Å². The zero-order valence-electron chi connectivity index (χ0n) is 16.4. The van der Waals surface area contributed by atoms with Gasteiger partial charge in [-0.2, -0.15) is 0 Å². The van der Waals surface area contributed by atoms with Gasteiger partial charge in [0.25, 0.3) is 5.91 Å². The number of rotatable bonds is 7. The van der Waals surface area contributed by atoms with E-state index in [1.807, 2.05) is 32.0 Å². The van der Waals surface area contributed by atoms with Crippen molar-refractivity contribution in [2.24, 2.45) is 0 Å². The van der Waals surface area contributed by atoms with Gasteiger partial charge >= 0.3 is 6.03 Å². The van der Waals surface area contributed by atoms with Crippen molar-refractivity contribution in [3.8, 4) is 0 Å². The molecule has 2 rings (SSSR count). The molecule has 7 nitrogen and oxygen atoms in total. The highest BCUT2D eigenvalue weighted by Gasteiger charge is 2.07. The lowest BCUT2D eigenvalue weighted by atomic mass is 10.1. The van der Waals surface area contributed by atoms with Crippen LogP contribution in [0.2, 0.25) is 0 Å². The van der Waals surface area contributed by atoms with Crippen LogP contribution in [0, 0.1) is 13.8 Å². The van der Waals surface area contributed by atoms with Crippen molar-refractivity contribution in [2.45, 2.75) is 27.2 Å². The average molecular weight is 382 g/mol. The molecule has 0 saturated carbocycles. The summed E-state index contributed by atoms with van der Waals surface area (Å²) in [4.78, 5) is 35.4. The van der Waals surface area contributed by atoms with Crippen LogP contribution < -0.4 is 21.3 Å². The lowest BCUT2D eigenvalue weighted by molar-refractivity contribution is -0.115. The predicted octanol–water partition coefficient (Wildman–Crippen LogP) is 3.20. The van der Waals surface area contributed by atoms with Gasteiger partial charge in [0.2, 0.25) is 5.91 Å². The number of nitrogens with one attached hydrogen (secondary N) is 4. The molecule has 2 aromatic carbocycles. The molecule has 0 radical (unpaired) electrons. The monoisotopic (exact) mass is 382 g/mol. The van der Waals surface area contributed by atoms with Crippen molar-refractivity contribution in [3.05, 3.63) is 59.2 Å². The molecule has 0 heterocycles. The Balaban J connectivity index is 1.73. The maximum Gasteiger partial charge on any atom is 0.319 e. The Morgan fingerprint density at radius 1 is 0.786 bits per heavy atom. The first-order chi connectivity index (χ1) is 13.4. The molecule has 0 bridgehead atoms. The van der Waals surface area contributed by atoms with E-state index < -0.39 is 0 Å². The number of carbonyl (C=O) groups excluding carboxylic acids is 3.